The summed E-state index contributed by atoms with van der Waals surface area (Å²) in [5.74, 6) is 0. The molecule has 112 valence electrons. The van der Waals surface area contributed by atoms with Crippen molar-refractivity contribution in [2.24, 2.45) is 0 Å². The van der Waals surface area contributed by atoms with Crippen molar-refractivity contribution in [2.45, 2.75) is 39.2 Å². The molecule has 1 aliphatic heterocycles. The quantitative estimate of drug-likeness (QED) is 0.832. The third-order valence-corrected chi connectivity index (χ3v) is 4.61. The van der Waals surface area contributed by atoms with Crippen LogP contribution >= 0.6 is 11.3 Å². The highest BCUT2D eigenvalue weighted by Crippen LogP contribution is 2.23. The van der Waals surface area contributed by atoms with Crippen LogP contribution in [0.1, 0.15) is 33.1 Å². The van der Waals surface area contributed by atoms with E-state index in [0.717, 1.165) is 18.1 Å². The molecule has 0 saturated carbocycles. The Hall–Kier alpha value is -1.07. The zero-order valence-electron chi connectivity index (χ0n) is 12.4. The number of amides is 1. The molecule has 0 radical (unpaired) electrons. The van der Waals surface area contributed by atoms with Crippen LogP contribution in [0.4, 0.5) is 9.80 Å². The molecule has 0 spiro atoms. The fourth-order valence-electron chi connectivity index (χ4n) is 2.62. The summed E-state index contributed by atoms with van der Waals surface area (Å²) >= 11 is 1.58. The van der Waals surface area contributed by atoms with Gasteiger partial charge in [-0.15, -0.1) is 11.3 Å². The van der Waals surface area contributed by atoms with E-state index in [-0.39, 0.29) is 6.09 Å². The van der Waals surface area contributed by atoms with E-state index in [1.165, 1.54) is 19.3 Å². The van der Waals surface area contributed by atoms with Gasteiger partial charge in [-0.05, 0) is 57.3 Å². The largest absolute Gasteiger partial charge is 0.449 e. The van der Waals surface area contributed by atoms with E-state index in [9.17, 15) is 4.79 Å². The Balaban J connectivity index is 2.01. The second kappa shape index (κ2) is 7.64. The van der Waals surface area contributed by atoms with E-state index in [2.05, 4.69) is 11.8 Å². The topological polar surface area (TPSA) is 32.8 Å². The van der Waals surface area contributed by atoms with Crippen LogP contribution in [0, 0.1) is 0 Å². The lowest BCUT2D eigenvalue weighted by Gasteiger charge is -2.34. The van der Waals surface area contributed by atoms with Gasteiger partial charge in [-0.1, -0.05) is 6.42 Å². The summed E-state index contributed by atoms with van der Waals surface area (Å²) in [5, 5.41) is 2.96. The maximum absolute atomic E-state index is 12.2. The van der Waals surface area contributed by atoms with Crippen molar-refractivity contribution in [3.8, 4) is 0 Å². The molecule has 0 aliphatic carbocycles. The van der Waals surface area contributed by atoms with E-state index >= 15 is 0 Å². The van der Waals surface area contributed by atoms with Gasteiger partial charge in [-0.25, -0.2) is 4.79 Å². The zero-order valence-corrected chi connectivity index (χ0v) is 13.2. The number of hydrogen-bond acceptors (Lipinski definition) is 4. The average Bonchev–Trinajstić information content (AvgIpc) is 2.99. The number of piperidine rings is 1. The Morgan fingerprint density at radius 2 is 2.20 bits per heavy atom. The van der Waals surface area contributed by atoms with Gasteiger partial charge in [0.15, 0.2) is 0 Å². The van der Waals surface area contributed by atoms with Crippen LogP contribution in [-0.2, 0) is 4.74 Å². The Bertz CT molecular complexity index is 402. The number of ether oxygens (including phenoxy) is 1. The average molecular weight is 296 g/mol. The molecule has 5 heteroatoms. The molecule has 1 fully saturated rings. The summed E-state index contributed by atoms with van der Waals surface area (Å²) in [7, 11) is 0. The summed E-state index contributed by atoms with van der Waals surface area (Å²) in [4.78, 5) is 16.4. The van der Waals surface area contributed by atoms with Crippen molar-refractivity contribution in [3.63, 3.8) is 0 Å². The molecule has 2 heterocycles. The lowest BCUT2D eigenvalue weighted by molar-refractivity contribution is 0.149. The molecule has 0 N–H and O–H groups in total. The first-order chi connectivity index (χ1) is 9.72. The van der Waals surface area contributed by atoms with Crippen LogP contribution in [-0.4, -0.2) is 43.3 Å². The molecule has 1 saturated heterocycles. The van der Waals surface area contributed by atoms with Crippen LogP contribution in [0.15, 0.2) is 17.5 Å². The van der Waals surface area contributed by atoms with Crippen molar-refractivity contribution in [2.75, 3.05) is 31.1 Å². The number of nitrogens with zero attached hydrogens (tertiary/aromatic N) is 2. The van der Waals surface area contributed by atoms with E-state index in [0.29, 0.717) is 19.2 Å². The van der Waals surface area contributed by atoms with E-state index in [1.807, 2.05) is 24.4 Å². The molecule has 1 atom stereocenters. The zero-order chi connectivity index (χ0) is 14.4. The molecule has 1 aromatic heterocycles. The van der Waals surface area contributed by atoms with Crippen molar-refractivity contribution in [1.29, 1.82) is 0 Å². The third-order valence-electron chi connectivity index (χ3n) is 3.72. The first kappa shape index (κ1) is 15.3. The van der Waals surface area contributed by atoms with Crippen molar-refractivity contribution < 1.29 is 9.53 Å². The van der Waals surface area contributed by atoms with Crippen LogP contribution in [0.3, 0.4) is 0 Å². The lowest BCUT2D eigenvalue weighted by Crippen LogP contribution is -2.46. The van der Waals surface area contributed by atoms with Crippen LogP contribution in [0.5, 0.6) is 0 Å². The SMILES string of the molecule is CCOC(=O)N(CC(C)N1CCCCC1)c1cccs1. The number of hydrogen-bond donors (Lipinski definition) is 0. The van der Waals surface area contributed by atoms with Crippen molar-refractivity contribution in [3.05, 3.63) is 17.5 Å². The van der Waals surface area contributed by atoms with Gasteiger partial charge < -0.3 is 4.74 Å². The van der Waals surface area contributed by atoms with Gasteiger partial charge in [0, 0.05) is 12.6 Å². The Morgan fingerprint density at radius 1 is 1.45 bits per heavy atom. The predicted molar refractivity (Wildman–Crippen MR) is 83.6 cm³/mol. The number of thiophene rings is 1. The summed E-state index contributed by atoms with van der Waals surface area (Å²) < 4.78 is 5.19. The van der Waals surface area contributed by atoms with Crippen molar-refractivity contribution in [1.82, 2.24) is 4.90 Å². The minimum absolute atomic E-state index is 0.237. The molecule has 4 nitrogen and oxygen atoms in total. The smallest absolute Gasteiger partial charge is 0.414 e. The molecule has 1 amide bonds. The molecular formula is C15H24N2O2S. The van der Waals surface area contributed by atoms with Crippen LogP contribution < -0.4 is 4.90 Å². The molecule has 1 aliphatic rings. The van der Waals surface area contributed by atoms with Crippen molar-refractivity contribution >= 4 is 22.4 Å². The fraction of sp³-hybridized carbons (Fsp3) is 0.667. The Kier molecular flexibility index (Phi) is 5.86. The molecule has 0 bridgehead atoms. The first-order valence-electron chi connectivity index (χ1n) is 7.44. The Labute approximate surface area is 125 Å². The maximum atomic E-state index is 12.2. The first-order valence-corrected chi connectivity index (χ1v) is 8.32. The summed E-state index contributed by atoms with van der Waals surface area (Å²) in [6.07, 6.45) is 3.63. The second-order valence-electron chi connectivity index (χ2n) is 5.21. The predicted octanol–water partition coefficient (Wildman–Crippen LogP) is 3.59. The van der Waals surface area contributed by atoms with Gasteiger partial charge in [0.05, 0.1) is 6.61 Å². The van der Waals surface area contributed by atoms with Gasteiger partial charge in [-0.2, -0.15) is 0 Å². The van der Waals surface area contributed by atoms with Gasteiger partial charge in [-0.3, -0.25) is 9.80 Å². The summed E-state index contributed by atoms with van der Waals surface area (Å²) in [6, 6.07) is 4.31. The highest BCUT2D eigenvalue weighted by molar-refractivity contribution is 7.14. The monoisotopic (exact) mass is 296 g/mol. The third kappa shape index (κ3) is 3.96. The number of likely N-dealkylation sites (tertiary alicyclic amines) is 1. The van der Waals surface area contributed by atoms with E-state index in [1.54, 1.807) is 16.2 Å². The minimum Gasteiger partial charge on any atom is -0.449 e. The molecule has 0 aromatic carbocycles. The molecular weight excluding hydrogens is 272 g/mol. The highest BCUT2D eigenvalue weighted by atomic mass is 32.1. The van der Waals surface area contributed by atoms with Gasteiger partial charge in [0.25, 0.3) is 0 Å². The minimum atomic E-state index is -0.237. The van der Waals surface area contributed by atoms with Gasteiger partial charge in [0.1, 0.15) is 5.00 Å². The van der Waals surface area contributed by atoms with E-state index in [4.69, 9.17) is 4.74 Å². The maximum Gasteiger partial charge on any atom is 0.414 e. The standard InChI is InChI=1S/C15H24N2O2S/c1-3-19-15(18)17(14-8-7-11-20-14)12-13(2)16-9-5-4-6-10-16/h7-8,11,13H,3-6,9-10,12H2,1-2H3. The number of carbonyl (C=O) groups excluding carboxylic acids is 1. The number of carbonyl (C=O) groups is 1. The second-order valence-corrected chi connectivity index (χ2v) is 6.13. The summed E-state index contributed by atoms with van der Waals surface area (Å²) in [6.45, 7) is 7.44. The normalized spacial score (nSPS) is 17.7. The highest BCUT2D eigenvalue weighted by Gasteiger charge is 2.24. The van der Waals surface area contributed by atoms with Gasteiger partial charge in [0.2, 0.25) is 0 Å². The van der Waals surface area contributed by atoms with Crippen LogP contribution in [0.25, 0.3) is 0 Å². The molecule has 2 rings (SSSR count). The van der Waals surface area contributed by atoms with E-state index < -0.39 is 0 Å². The number of anilines is 1. The van der Waals surface area contributed by atoms with Crippen LogP contribution in [0.2, 0.25) is 0 Å². The Morgan fingerprint density at radius 3 is 2.80 bits per heavy atom. The number of rotatable bonds is 5. The van der Waals surface area contributed by atoms with Gasteiger partial charge >= 0.3 is 6.09 Å². The molecule has 20 heavy (non-hydrogen) atoms. The fourth-order valence-corrected chi connectivity index (χ4v) is 3.35. The lowest BCUT2D eigenvalue weighted by atomic mass is 10.1. The molecule has 1 aromatic rings. The summed E-state index contributed by atoms with van der Waals surface area (Å²) in [5.41, 5.74) is 0. The molecule has 1 unspecified atom stereocenters.